The number of nitrogens with two attached hydrogens (primary N) is 1. The zero-order valence-corrected chi connectivity index (χ0v) is 10.3. The van der Waals surface area contributed by atoms with Crippen LogP contribution in [0.4, 0.5) is 26.3 Å². The van der Waals surface area contributed by atoms with Crippen LogP contribution >= 0.6 is 0 Å². The van der Waals surface area contributed by atoms with Crippen molar-refractivity contribution in [1.82, 2.24) is 4.98 Å². The summed E-state index contributed by atoms with van der Waals surface area (Å²) in [7, 11) is 0.808. The van der Waals surface area contributed by atoms with Crippen LogP contribution < -0.4 is 10.5 Å². The highest BCUT2D eigenvalue weighted by molar-refractivity contribution is 5.92. The first-order valence-electron chi connectivity index (χ1n) is 5.15. The molecule has 0 saturated carbocycles. The molecule has 118 valence electrons. The molecule has 0 aliphatic carbocycles. The van der Waals surface area contributed by atoms with Crippen LogP contribution in [0.5, 0.6) is 5.88 Å². The Kier molecular flexibility index (Phi) is 4.66. The predicted molar refractivity (Wildman–Crippen MR) is 55.2 cm³/mol. The van der Waals surface area contributed by atoms with Crippen LogP contribution in [0.15, 0.2) is 6.07 Å². The maximum absolute atomic E-state index is 12.8. The van der Waals surface area contributed by atoms with Gasteiger partial charge in [0.1, 0.15) is 0 Å². The first-order valence-corrected chi connectivity index (χ1v) is 5.15. The van der Waals surface area contributed by atoms with Gasteiger partial charge in [0.2, 0.25) is 5.88 Å². The van der Waals surface area contributed by atoms with Gasteiger partial charge in [-0.25, -0.2) is 9.78 Å². The third-order valence-corrected chi connectivity index (χ3v) is 2.18. The number of esters is 1. The van der Waals surface area contributed by atoms with E-state index in [1.165, 1.54) is 0 Å². The summed E-state index contributed by atoms with van der Waals surface area (Å²) in [5.74, 6) is -2.79. The molecule has 0 bridgehead atoms. The lowest BCUT2D eigenvalue weighted by Gasteiger charge is -2.16. The zero-order valence-electron chi connectivity index (χ0n) is 10.3. The first-order chi connectivity index (χ1) is 9.49. The first kappa shape index (κ1) is 17.0. The fourth-order valence-corrected chi connectivity index (χ4v) is 1.44. The largest absolute Gasteiger partial charge is 0.574 e. The summed E-state index contributed by atoms with van der Waals surface area (Å²) in [6.45, 7) is -0.649. The Bertz CT molecular complexity index is 541. The van der Waals surface area contributed by atoms with Gasteiger partial charge in [-0.2, -0.15) is 13.2 Å². The van der Waals surface area contributed by atoms with E-state index in [9.17, 15) is 31.1 Å². The molecule has 0 unspecified atom stereocenters. The van der Waals surface area contributed by atoms with Gasteiger partial charge >= 0.3 is 18.5 Å². The maximum atomic E-state index is 12.8. The molecular weight excluding hydrogens is 310 g/mol. The number of halogens is 6. The molecule has 0 amide bonds. The highest BCUT2D eigenvalue weighted by Crippen LogP contribution is 2.35. The van der Waals surface area contributed by atoms with E-state index in [0.29, 0.717) is 6.07 Å². The summed E-state index contributed by atoms with van der Waals surface area (Å²) < 4.78 is 82.2. The molecule has 0 aromatic carbocycles. The third kappa shape index (κ3) is 4.21. The van der Waals surface area contributed by atoms with Crippen LogP contribution in [0.2, 0.25) is 0 Å². The number of hydrogen-bond acceptors (Lipinski definition) is 5. The number of carbonyl (C=O) groups excluding carboxylic acids is 1. The smallest absolute Gasteiger partial charge is 0.465 e. The van der Waals surface area contributed by atoms with Gasteiger partial charge in [-0.1, -0.05) is 0 Å². The number of methoxy groups -OCH3 is 1. The lowest BCUT2D eigenvalue weighted by Crippen LogP contribution is -2.23. The number of alkyl halides is 6. The molecule has 0 aliphatic rings. The van der Waals surface area contributed by atoms with Crippen molar-refractivity contribution in [2.45, 2.75) is 19.1 Å². The maximum Gasteiger partial charge on any atom is 0.574 e. The summed E-state index contributed by atoms with van der Waals surface area (Å²) in [6.07, 6.45) is -10.4. The summed E-state index contributed by atoms with van der Waals surface area (Å²) in [5.41, 5.74) is 1.69. The van der Waals surface area contributed by atoms with E-state index in [1.807, 2.05) is 0 Å². The molecule has 5 nitrogen and oxygen atoms in total. The highest BCUT2D eigenvalue weighted by Gasteiger charge is 2.41. The number of nitrogens with zero attached hydrogens (tertiary/aromatic N) is 1. The van der Waals surface area contributed by atoms with Crippen molar-refractivity contribution in [1.29, 1.82) is 0 Å². The van der Waals surface area contributed by atoms with E-state index in [0.717, 1.165) is 7.11 Å². The molecule has 21 heavy (non-hydrogen) atoms. The standard InChI is InChI=1S/C10H8F6N2O3/c1-20-8(19)6-4(3-17)2-5(21-10(14,15)16)18-7(6)9(11,12)13/h2H,3,17H2,1H3. The zero-order chi connectivity index (χ0) is 16.4. The molecule has 0 atom stereocenters. The fraction of sp³-hybridized carbons (Fsp3) is 0.400. The summed E-state index contributed by atoms with van der Waals surface area (Å²) in [4.78, 5) is 14.1. The minimum absolute atomic E-state index is 0.495. The topological polar surface area (TPSA) is 74.4 Å². The van der Waals surface area contributed by atoms with Crippen molar-refractivity contribution in [3.63, 3.8) is 0 Å². The van der Waals surface area contributed by atoms with Gasteiger partial charge in [0, 0.05) is 12.6 Å². The normalized spacial score (nSPS) is 12.2. The van der Waals surface area contributed by atoms with Crippen LogP contribution in [-0.4, -0.2) is 24.4 Å². The van der Waals surface area contributed by atoms with Crippen LogP contribution in [0.25, 0.3) is 0 Å². The minimum atomic E-state index is -5.24. The molecule has 1 aromatic heterocycles. The third-order valence-electron chi connectivity index (χ3n) is 2.18. The monoisotopic (exact) mass is 318 g/mol. The van der Waals surface area contributed by atoms with E-state index in [4.69, 9.17) is 5.73 Å². The Morgan fingerprint density at radius 2 is 1.86 bits per heavy atom. The second-order valence-electron chi connectivity index (χ2n) is 3.58. The molecule has 1 aromatic rings. The second kappa shape index (κ2) is 5.76. The molecule has 1 heterocycles. The average Bonchev–Trinajstić information content (AvgIpc) is 2.33. The van der Waals surface area contributed by atoms with Crippen molar-refractivity contribution in [2.24, 2.45) is 5.73 Å². The van der Waals surface area contributed by atoms with Crippen LogP contribution in [0.1, 0.15) is 21.6 Å². The van der Waals surface area contributed by atoms with Crippen molar-refractivity contribution in [2.75, 3.05) is 7.11 Å². The van der Waals surface area contributed by atoms with Gasteiger partial charge < -0.3 is 15.2 Å². The second-order valence-corrected chi connectivity index (χ2v) is 3.58. The van der Waals surface area contributed by atoms with E-state index in [-0.39, 0.29) is 0 Å². The molecule has 1 rings (SSSR count). The van der Waals surface area contributed by atoms with Gasteiger partial charge in [-0.05, 0) is 5.56 Å². The number of rotatable bonds is 3. The van der Waals surface area contributed by atoms with E-state index in [1.54, 1.807) is 0 Å². The van der Waals surface area contributed by atoms with E-state index in [2.05, 4.69) is 14.5 Å². The minimum Gasteiger partial charge on any atom is -0.465 e. The van der Waals surface area contributed by atoms with Crippen LogP contribution in [-0.2, 0) is 17.5 Å². The van der Waals surface area contributed by atoms with Crippen molar-refractivity contribution in [3.05, 3.63) is 22.9 Å². The molecule has 0 radical (unpaired) electrons. The summed E-state index contributed by atoms with van der Waals surface area (Å²) in [6, 6.07) is 0.495. The van der Waals surface area contributed by atoms with Crippen LogP contribution in [0.3, 0.4) is 0 Å². The quantitative estimate of drug-likeness (QED) is 0.683. The van der Waals surface area contributed by atoms with Gasteiger partial charge in [0.25, 0.3) is 0 Å². The number of carbonyl (C=O) groups is 1. The van der Waals surface area contributed by atoms with Gasteiger partial charge in [0.15, 0.2) is 5.69 Å². The number of hydrogen-bond donors (Lipinski definition) is 1. The van der Waals surface area contributed by atoms with E-state index < -0.39 is 47.8 Å². The predicted octanol–water partition coefficient (Wildman–Crippen LogP) is 2.24. The fourth-order valence-electron chi connectivity index (χ4n) is 1.44. The van der Waals surface area contributed by atoms with Crippen molar-refractivity contribution >= 4 is 5.97 Å². The number of pyridine rings is 1. The number of aromatic nitrogens is 1. The molecular formula is C10H8F6N2O3. The Morgan fingerprint density at radius 3 is 2.24 bits per heavy atom. The van der Waals surface area contributed by atoms with Crippen LogP contribution in [0, 0.1) is 0 Å². The Morgan fingerprint density at radius 1 is 1.29 bits per heavy atom. The molecule has 2 N–H and O–H groups in total. The molecule has 0 aliphatic heterocycles. The molecule has 11 heteroatoms. The molecule has 0 saturated heterocycles. The van der Waals surface area contributed by atoms with Gasteiger partial charge in [-0.3, -0.25) is 0 Å². The van der Waals surface area contributed by atoms with E-state index >= 15 is 0 Å². The lowest BCUT2D eigenvalue weighted by molar-refractivity contribution is -0.276. The van der Waals surface area contributed by atoms with Gasteiger partial charge in [-0.15, -0.1) is 13.2 Å². The van der Waals surface area contributed by atoms with Crippen molar-refractivity contribution < 1.29 is 40.6 Å². The SMILES string of the molecule is COC(=O)c1c(CN)cc(OC(F)(F)F)nc1C(F)(F)F. The molecule has 0 spiro atoms. The summed E-state index contributed by atoms with van der Waals surface area (Å²) >= 11 is 0. The lowest BCUT2D eigenvalue weighted by atomic mass is 10.1. The number of ether oxygens (including phenoxy) is 2. The van der Waals surface area contributed by atoms with Crippen molar-refractivity contribution in [3.8, 4) is 5.88 Å². The highest BCUT2D eigenvalue weighted by atomic mass is 19.4. The Balaban J connectivity index is 3.54. The average molecular weight is 318 g/mol. The molecule has 0 fully saturated rings. The Labute approximate surface area is 113 Å². The Hall–Kier alpha value is -2.04. The summed E-state index contributed by atoms with van der Waals surface area (Å²) in [5, 5.41) is 0. The van der Waals surface area contributed by atoms with Gasteiger partial charge in [0.05, 0.1) is 12.7 Å².